The van der Waals surface area contributed by atoms with Crippen LogP contribution >= 0.6 is 11.6 Å². The number of hydrogen-bond donors (Lipinski definition) is 0. The SMILES string of the molecule is CCc1c(C(=O)N(C)CC2CCOC2)cnn1-c1ccccc1Cl. The van der Waals surface area contributed by atoms with Gasteiger partial charge in [0.1, 0.15) is 0 Å². The molecule has 0 bridgehead atoms. The Kier molecular flexibility index (Phi) is 5.21. The second kappa shape index (κ2) is 7.36. The Bertz CT molecular complexity index is 723. The van der Waals surface area contributed by atoms with Gasteiger partial charge in [0.2, 0.25) is 0 Å². The highest BCUT2D eigenvalue weighted by molar-refractivity contribution is 6.32. The molecule has 1 aliphatic rings. The summed E-state index contributed by atoms with van der Waals surface area (Å²) in [5.74, 6) is 0.416. The highest BCUT2D eigenvalue weighted by atomic mass is 35.5. The van der Waals surface area contributed by atoms with Crippen LogP contribution in [0.4, 0.5) is 0 Å². The molecule has 1 atom stereocenters. The smallest absolute Gasteiger partial charge is 0.257 e. The van der Waals surface area contributed by atoms with Crippen molar-refractivity contribution in [2.75, 3.05) is 26.8 Å². The second-order valence-corrected chi connectivity index (χ2v) is 6.54. The minimum atomic E-state index is -0.00273. The molecule has 1 fully saturated rings. The molecule has 1 amide bonds. The van der Waals surface area contributed by atoms with Crippen molar-refractivity contribution < 1.29 is 9.53 Å². The molecular weight excluding hydrogens is 326 g/mol. The van der Waals surface area contributed by atoms with Crippen LogP contribution in [-0.2, 0) is 11.2 Å². The van der Waals surface area contributed by atoms with E-state index in [2.05, 4.69) is 5.10 Å². The average molecular weight is 348 g/mol. The molecule has 6 heteroatoms. The van der Waals surface area contributed by atoms with Crippen molar-refractivity contribution in [1.29, 1.82) is 0 Å². The monoisotopic (exact) mass is 347 g/mol. The van der Waals surface area contributed by atoms with Gasteiger partial charge in [0.25, 0.3) is 5.91 Å². The van der Waals surface area contributed by atoms with Gasteiger partial charge >= 0.3 is 0 Å². The van der Waals surface area contributed by atoms with Crippen LogP contribution in [0.5, 0.6) is 0 Å². The lowest BCUT2D eigenvalue weighted by molar-refractivity contribution is 0.0765. The molecule has 0 N–H and O–H groups in total. The molecular formula is C18H22ClN3O2. The van der Waals surface area contributed by atoms with Gasteiger partial charge in [0.05, 0.1) is 34.8 Å². The molecule has 2 heterocycles. The molecule has 5 nitrogen and oxygen atoms in total. The number of amides is 1. The zero-order valence-electron chi connectivity index (χ0n) is 14.0. The molecule has 0 saturated carbocycles. The zero-order valence-corrected chi connectivity index (χ0v) is 14.8. The molecule has 3 rings (SSSR count). The number of benzene rings is 1. The molecule has 1 aromatic carbocycles. The van der Waals surface area contributed by atoms with Crippen LogP contribution in [0, 0.1) is 5.92 Å². The van der Waals surface area contributed by atoms with E-state index in [0.29, 0.717) is 29.5 Å². The Hall–Kier alpha value is -1.85. The Labute approximate surface area is 147 Å². The summed E-state index contributed by atoms with van der Waals surface area (Å²) in [5.41, 5.74) is 2.31. The quantitative estimate of drug-likeness (QED) is 0.834. The Morgan fingerprint density at radius 3 is 2.92 bits per heavy atom. The summed E-state index contributed by atoms with van der Waals surface area (Å²) in [7, 11) is 1.84. The lowest BCUT2D eigenvalue weighted by Crippen LogP contribution is -2.32. The summed E-state index contributed by atoms with van der Waals surface area (Å²) in [6.07, 6.45) is 3.36. The van der Waals surface area contributed by atoms with E-state index in [4.69, 9.17) is 16.3 Å². The van der Waals surface area contributed by atoms with E-state index < -0.39 is 0 Å². The minimum Gasteiger partial charge on any atom is -0.381 e. The van der Waals surface area contributed by atoms with E-state index in [9.17, 15) is 4.79 Å². The van der Waals surface area contributed by atoms with Gasteiger partial charge in [-0.3, -0.25) is 4.79 Å². The highest BCUT2D eigenvalue weighted by Crippen LogP contribution is 2.24. The van der Waals surface area contributed by atoms with Crippen LogP contribution in [0.15, 0.2) is 30.5 Å². The van der Waals surface area contributed by atoms with Crippen molar-refractivity contribution in [3.8, 4) is 5.69 Å². The van der Waals surface area contributed by atoms with Gasteiger partial charge in [0, 0.05) is 26.1 Å². The normalized spacial score (nSPS) is 17.2. The number of halogens is 1. The summed E-state index contributed by atoms with van der Waals surface area (Å²) in [5, 5.41) is 5.03. The average Bonchev–Trinajstić information content (AvgIpc) is 3.23. The van der Waals surface area contributed by atoms with Crippen LogP contribution < -0.4 is 0 Å². The van der Waals surface area contributed by atoms with Crippen molar-refractivity contribution in [3.63, 3.8) is 0 Å². The van der Waals surface area contributed by atoms with Crippen molar-refractivity contribution >= 4 is 17.5 Å². The molecule has 0 aliphatic carbocycles. The first-order valence-corrected chi connectivity index (χ1v) is 8.64. The number of aromatic nitrogens is 2. The second-order valence-electron chi connectivity index (χ2n) is 6.14. The standard InChI is InChI=1S/C18H22ClN3O2/c1-3-16-14(18(23)21(2)11-13-8-9-24-12-13)10-20-22(16)17-7-5-4-6-15(17)19/h4-7,10,13H,3,8-9,11-12H2,1-2H3. The third-order valence-corrected chi connectivity index (χ3v) is 4.74. The highest BCUT2D eigenvalue weighted by Gasteiger charge is 2.24. The third kappa shape index (κ3) is 3.32. The first kappa shape index (κ1) is 17.0. The lowest BCUT2D eigenvalue weighted by atomic mass is 10.1. The first-order chi connectivity index (χ1) is 11.6. The maximum atomic E-state index is 12.8. The van der Waals surface area contributed by atoms with Crippen molar-refractivity contribution in [2.45, 2.75) is 19.8 Å². The molecule has 0 radical (unpaired) electrons. The van der Waals surface area contributed by atoms with Crippen molar-refractivity contribution in [3.05, 3.63) is 46.7 Å². The van der Waals surface area contributed by atoms with Crippen LogP contribution in [0.25, 0.3) is 5.69 Å². The maximum Gasteiger partial charge on any atom is 0.257 e. The van der Waals surface area contributed by atoms with Crippen LogP contribution in [0.2, 0.25) is 5.02 Å². The number of nitrogens with zero attached hydrogens (tertiary/aromatic N) is 3. The molecule has 1 unspecified atom stereocenters. The van der Waals surface area contributed by atoms with E-state index in [1.165, 1.54) is 0 Å². The van der Waals surface area contributed by atoms with E-state index in [1.54, 1.807) is 15.8 Å². The summed E-state index contributed by atoms with van der Waals surface area (Å²) >= 11 is 6.28. The largest absolute Gasteiger partial charge is 0.381 e. The lowest BCUT2D eigenvalue weighted by Gasteiger charge is -2.20. The third-order valence-electron chi connectivity index (χ3n) is 4.42. The Morgan fingerprint density at radius 2 is 2.25 bits per heavy atom. The molecule has 0 spiro atoms. The van der Waals surface area contributed by atoms with E-state index in [-0.39, 0.29) is 5.91 Å². The van der Waals surface area contributed by atoms with Gasteiger partial charge in [-0.05, 0) is 25.0 Å². The van der Waals surface area contributed by atoms with E-state index in [1.807, 2.05) is 38.2 Å². The number of rotatable bonds is 5. The van der Waals surface area contributed by atoms with Gasteiger partial charge in [0.15, 0.2) is 0 Å². The van der Waals surface area contributed by atoms with Gasteiger partial charge in [-0.25, -0.2) is 4.68 Å². The first-order valence-electron chi connectivity index (χ1n) is 8.26. The molecule has 24 heavy (non-hydrogen) atoms. The molecule has 2 aromatic rings. The topological polar surface area (TPSA) is 47.4 Å². The molecule has 128 valence electrons. The summed E-state index contributed by atoms with van der Waals surface area (Å²) in [6.45, 7) is 4.25. The summed E-state index contributed by atoms with van der Waals surface area (Å²) < 4.78 is 7.16. The van der Waals surface area contributed by atoms with Crippen molar-refractivity contribution in [1.82, 2.24) is 14.7 Å². The number of para-hydroxylation sites is 1. The molecule has 1 aromatic heterocycles. The van der Waals surface area contributed by atoms with E-state index >= 15 is 0 Å². The summed E-state index contributed by atoms with van der Waals surface area (Å²) in [4.78, 5) is 14.6. The number of ether oxygens (including phenoxy) is 1. The fourth-order valence-corrected chi connectivity index (χ4v) is 3.34. The van der Waals surface area contributed by atoms with Gasteiger partial charge < -0.3 is 9.64 Å². The maximum absolute atomic E-state index is 12.8. The fraction of sp³-hybridized carbons (Fsp3) is 0.444. The van der Waals surface area contributed by atoms with Gasteiger partial charge in [-0.15, -0.1) is 0 Å². The zero-order chi connectivity index (χ0) is 17.1. The van der Waals surface area contributed by atoms with Crippen LogP contribution in [0.3, 0.4) is 0 Å². The Balaban J connectivity index is 1.86. The summed E-state index contributed by atoms with van der Waals surface area (Å²) in [6, 6.07) is 7.52. The predicted octanol–water partition coefficient (Wildman–Crippen LogP) is 3.20. The van der Waals surface area contributed by atoms with Gasteiger partial charge in [-0.1, -0.05) is 30.7 Å². The van der Waals surface area contributed by atoms with Gasteiger partial charge in [-0.2, -0.15) is 5.10 Å². The Morgan fingerprint density at radius 1 is 1.46 bits per heavy atom. The molecule has 1 saturated heterocycles. The number of carbonyl (C=O) groups is 1. The molecule has 1 aliphatic heterocycles. The van der Waals surface area contributed by atoms with Crippen LogP contribution in [-0.4, -0.2) is 47.4 Å². The predicted molar refractivity (Wildman–Crippen MR) is 93.8 cm³/mol. The number of hydrogen-bond acceptors (Lipinski definition) is 3. The van der Waals surface area contributed by atoms with Crippen LogP contribution in [0.1, 0.15) is 29.4 Å². The fourth-order valence-electron chi connectivity index (χ4n) is 3.13. The number of carbonyl (C=O) groups excluding carboxylic acids is 1. The van der Waals surface area contributed by atoms with Crippen molar-refractivity contribution in [2.24, 2.45) is 5.92 Å². The van der Waals surface area contributed by atoms with E-state index in [0.717, 1.165) is 31.0 Å². The minimum absolute atomic E-state index is 0.00273.